The van der Waals surface area contributed by atoms with Crippen molar-refractivity contribution in [2.24, 2.45) is 0 Å². The van der Waals surface area contributed by atoms with E-state index in [0.717, 1.165) is 31.2 Å². The van der Waals surface area contributed by atoms with Crippen LogP contribution in [-0.4, -0.2) is 23.9 Å². The highest BCUT2D eigenvalue weighted by atomic mass is 19.1. The lowest BCUT2D eigenvalue weighted by Gasteiger charge is -2.26. The third kappa shape index (κ3) is 3.75. The first-order chi connectivity index (χ1) is 16.5. The minimum atomic E-state index is -0.913. The summed E-state index contributed by atoms with van der Waals surface area (Å²) in [6, 6.07) is 17.2. The van der Waals surface area contributed by atoms with Gasteiger partial charge in [0, 0.05) is 17.3 Å². The summed E-state index contributed by atoms with van der Waals surface area (Å²) in [6.07, 6.45) is 4.11. The fourth-order valence-electron chi connectivity index (χ4n) is 4.86. The van der Waals surface area contributed by atoms with Gasteiger partial charge in [0.2, 0.25) is 0 Å². The number of anilines is 1. The quantitative estimate of drug-likeness (QED) is 0.326. The van der Waals surface area contributed by atoms with Gasteiger partial charge in [0.1, 0.15) is 17.3 Å². The van der Waals surface area contributed by atoms with Gasteiger partial charge in [-0.3, -0.25) is 14.5 Å². The van der Waals surface area contributed by atoms with Crippen molar-refractivity contribution in [1.29, 1.82) is 0 Å². The Morgan fingerprint density at radius 1 is 0.971 bits per heavy atom. The maximum absolute atomic E-state index is 13.7. The van der Waals surface area contributed by atoms with E-state index in [1.165, 1.54) is 41.8 Å². The van der Waals surface area contributed by atoms with Crippen LogP contribution < -0.4 is 9.64 Å². The third-order valence-corrected chi connectivity index (χ3v) is 6.58. The molecule has 0 spiro atoms. The minimum absolute atomic E-state index is 0.0183. The number of aliphatic hydroxyl groups excluding tert-OH is 1. The second-order valence-corrected chi connectivity index (χ2v) is 8.61. The molecule has 1 fully saturated rings. The van der Waals surface area contributed by atoms with Gasteiger partial charge in [-0.25, -0.2) is 4.39 Å². The number of halogens is 1. The summed E-state index contributed by atoms with van der Waals surface area (Å²) in [4.78, 5) is 27.9. The molecule has 1 aliphatic carbocycles. The van der Waals surface area contributed by atoms with E-state index in [9.17, 15) is 19.1 Å². The molecule has 1 unspecified atom stereocenters. The van der Waals surface area contributed by atoms with Crippen molar-refractivity contribution in [3.63, 3.8) is 0 Å². The van der Waals surface area contributed by atoms with Crippen LogP contribution in [0.1, 0.15) is 41.1 Å². The van der Waals surface area contributed by atoms with Gasteiger partial charge in [0.15, 0.2) is 0 Å². The number of rotatable bonds is 4. The van der Waals surface area contributed by atoms with Gasteiger partial charge >= 0.3 is 0 Å². The molecule has 1 atom stereocenters. The number of ether oxygens (including phenoxy) is 1. The molecule has 172 valence electrons. The Balaban J connectivity index is 1.69. The summed E-state index contributed by atoms with van der Waals surface area (Å²) in [7, 11) is 1.51. The van der Waals surface area contributed by atoms with Crippen LogP contribution in [-0.2, 0) is 22.4 Å². The van der Waals surface area contributed by atoms with Crippen molar-refractivity contribution < 1.29 is 23.8 Å². The lowest BCUT2D eigenvalue weighted by atomic mass is 9.88. The van der Waals surface area contributed by atoms with Crippen molar-refractivity contribution in [3.05, 3.63) is 100 Å². The number of methoxy groups -OCH3 is 1. The molecule has 6 heteroatoms. The smallest absolute Gasteiger partial charge is 0.300 e. The highest BCUT2D eigenvalue weighted by Gasteiger charge is 2.47. The summed E-state index contributed by atoms with van der Waals surface area (Å²) >= 11 is 0. The fraction of sp³-hybridized carbons (Fsp3) is 0.214. The number of hydrogen-bond donors (Lipinski definition) is 1. The molecular weight excluding hydrogens is 433 g/mol. The van der Waals surface area contributed by atoms with Crippen molar-refractivity contribution in [3.8, 4) is 5.75 Å². The fourth-order valence-corrected chi connectivity index (χ4v) is 4.86. The van der Waals surface area contributed by atoms with E-state index in [1.807, 2.05) is 12.1 Å². The van der Waals surface area contributed by atoms with Crippen LogP contribution in [0.2, 0.25) is 0 Å². The number of ketones is 1. The van der Waals surface area contributed by atoms with Crippen molar-refractivity contribution in [2.75, 3.05) is 12.0 Å². The molecular formula is C28H24FNO4. The number of aryl methyl sites for hydroxylation is 2. The van der Waals surface area contributed by atoms with Gasteiger partial charge in [-0.2, -0.15) is 0 Å². The molecule has 0 radical (unpaired) electrons. The molecule has 1 N–H and O–H groups in total. The lowest BCUT2D eigenvalue weighted by Crippen LogP contribution is -2.29. The van der Waals surface area contributed by atoms with E-state index in [2.05, 4.69) is 0 Å². The third-order valence-electron chi connectivity index (χ3n) is 6.58. The van der Waals surface area contributed by atoms with Crippen LogP contribution in [0.5, 0.6) is 5.75 Å². The van der Waals surface area contributed by atoms with Crippen LogP contribution in [0.25, 0.3) is 5.76 Å². The number of hydrogen-bond acceptors (Lipinski definition) is 4. The number of fused-ring (bicyclic) bond motifs is 1. The van der Waals surface area contributed by atoms with E-state index in [1.54, 1.807) is 30.3 Å². The Morgan fingerprint density at radius 2 is 1.71 bits per heavy atom. The number of carbonyl (C=O) groups is 2. The molecule has 1 heterocycles. The van der Waals surface area contributed by atoms with Crippen molar-refractivity contribution >= 4 is 23.1 Å². The molecule has 34 heavy (non-hydrogen) atoms. The Bertz CT molecular complexity index is 1310. The molecule has 1 aliphatic heterocycles. The number of aliphatic hydroxyl groups is 1. The van der Waals surface area contributed by atoms with Crippen LogP contribution >= 0.6 is 0 Å². The number of Topliss-reactive ketones (excluding diaryl/α,β-unsaturated/α-hetero) is 1. The summed E-state index contributed by atoms with van der Waals surface area (Å²) in [5.41, 5.74) is 3.83. The summed E-state index contributed by atoms with van der Waals surface area (Å²) < 4.78 is 19.0. The van der Waals surface area contributed by atoms with Crippen LogP contribution in [0.15, 0.2) is 72.3 Å². The molecule has 1 amide bonds. The van der Waals surface area contributed by atoms with Crippen LogP contribution in [0, 0.1) is 5.82 Å². The standard InChI is InChI=1S/C28H24FNO4/c1-34-23-8-4-7-22(16-23)30-25(18-11-13-21(29)14-12-18)24(27(32)28(30)33)26(31)20-10-9-17-5-2-3-6-19(17)15-20/h4,7-16,25,31H,2-3,5-6H2,1H3/b26-24-. The first-order valence-corrected chi connectivity index (χ1v) is 11.3. The maximum atomic E-state index is 13.7. The van der Waals surface area contributed by atoms with E-state index >= 15 is 0 Å². The molecule has 0 aromatic heterocycles. The van der Waals surface area contributed by atoms with Gasteiger partial charge in [-0.05, 0) is 72.7 Å². The average molecular weight is 458 g/mol. The van der Waals surface area contributed by atoms with Gasteiger partial charge < -0.3 is 9.84 Å². The largest absolute Gasteiger partial charge is 0.507 e. The van der Waals surface area contributed by atoms with Crippen LogP contribution in [0.4, 0.5) is 10.1 Å². The molecule has 5 nitrogen and oxygen atoms in total. The first-order valence-electron chi connectivity index (χ1n) is 11.3. The molecule has 1 saturated heterocycles. The number of benzene rings is 3. The summed E-state index contributed by atoms with van der Waals surface area (Å²) in [5, 5.41) is 11.3. The molecule has 3 aromatic carbocycles. The first kappa shape index (κ1) is 21.9. The van der Waals surface area contributed by atoms with Gasteiger partial charge in [0.05, 0.1) is 18.7 Å². The van der Waals surface area contributed by atoms with Gasteiger partial charge in [-0.1, -0.05) is 30.3 Å². The zero-order valence-electron chi connectivity index (χ0n) is 18.8. The number of nitrogens with zero attached hydrogens (tertiary/aromatic N) is 1. The zero-order chi connectivity index (χ0) is 23.8. The minimum Gasteiger partial charge on any atom is -0.507 e. The zero-order valence-corrected chi connectivity index (χ0v) is 18.8. The Labute approximate surface area is 197 Å². The highest BCUT2D eigenvalue weighted by Crippen LogP contribution is 2.43. The monoisotopic (exact) mass is 457 g/mol. The SMILES string of the molecule is COc1cccc(N2C(=O)C(=O)/C(=C(\O)c3ccc4c(c3)CCCC4)C2c2ccc(F)cc2)c1. The Morgan fingerprint density at radius 3 is 2.44 bits per heavy atom. The number of carbonyl (C=O) groups excluding carboxylic acids is 2. The molecule has 0 saturated carbocycles. The second-order valence-electron chi connectivity index (χ2n) is 8.61. The highest BCUT2D eigenvalue weighted by molar-refractivity contribution is 6.51. The Kier molecular flexibility index (Phi) is 5.65. The maximum Gasteiger partial charge on any atom is 0.300 e. The normalized spacial score (nSPS) is 19.2. The predicted molar refractivity (Wildman–Crippen MR) is 127 cm³/mol. The summed E-state index contributed by atoms with van der Waals surface area (Å²) in [5.74, 6) is -1.69. The van der Waals surface area contributed by atoms with Crippen molar-refractivity contribution in [2.45, 2.75) is 31.7 Å². The summed E-state index contributed by atoms with van der Waals surface area (Å²) in [6.45, 7) is 0. The molecule has 5 rings (SSSR count). The topological polar surface area (TPSA) is 66.8 Å². The van der Waals surface area contributed by atoms with E-state index in [0.29, 0.717) is 22.6 Å². The molecule has 3 aromatic rings. The van der Waals surface area contributed by atoms with E-state index in [-0.39, 0.29) is 11.3 Å². The lowest BCUT2D eigenvalue weighted by molar-refractivity contribution is -0.132. The van der Waals surface area contributed by atoms with E-state index < -0.39 is 23.5 Å². The van der Waals surface area contributed by atoms with E-state index in [4.69, 9.17) is 4.74 Å². The molecule has 0 bridgehead atoms. The van der Waals surface area contributed by atoms with Gasteiger partial charge in [0.25, 0.3) is 11.7 Å². The van der Waals surface area contributed by atoms with Crippen LogP contribution in [0.3, 0.4) is 0 Å². The molecule has 2 aliphatic rings. The Hall–Kier alpha value is -3.93. The van der Waals surface area contributed by atoms with Gasteiger partial charge in [-0.15, -0.1) is 0 Å². The number of amides is 1. The average Bonchev–Trinajstić information content (AvgIpc) is 3.14. The predicted octanol–water partition coefficient (Wildman–Crippen LogP) is 5.34. The van der Waals surface area contributed by atoms with Crippen molar-refractivity contribution in [1.82, 2.24) is 0 Å². The second kappa shape index (κ2) is 8.78.